The molecule has 1 aromatic carbocycles. The van der Waals surface area contributed by atoms with Crippen LogP contribution >= 0.6 is 0 Å². The fraction of sp³-hybridized carbons (Fsp3) is 0.659. The molecule has 1 spiro atoms. The quantitative estimate of drug-likeness (QED) is 0.0328. The Hall–Kier alpha value is -3.42. The minimum Gasteiger partial charge on any atom is -0.508 e. The SMILES string of the molecule is CCCC(=O)OC[C@H]1O[C@@H](O[C@@H]2[C@H](OC(=O)/C=C/C=C/C[C@H](O)[C@@H](C)CCC/C=C/[C@@H](C)CC)[C@H](O)[C@@]3(OCc4cc(O)cc(O)c43)O[C@@H]2CO)[C@@H](O)[C@@H](O)[C@@H]1O. The molecule has 16 nitrogen and oxygen atoms in total. The van der Waals surface area contributed by atoms with E-state index in [0.717, 1.165) is 37.8 Å². The molecule has 0 saturated carbocycles. The number of ether oxygens (including phenoxy) is 6. The Morgan fingerprint density at radius 1 is 1.00 bits per heavy atom. The van der Waals surface area contributed by atoms with Gasteiger partial charge in [-0.05, 0) is 55.6 Å². The van der Waals surface area contributed by atoms with Crippen molar-refractivity contribution in [3.63, 3.8) is 0 Å². The zero-order chi connectivity index (χ0) is 41.9. The predicted molar refractivity (Wildman–Crippen MR) is 202 cm³/mol. The average molecular weight is 809 g/mol. The maximum atomic E-state index is 13.3. The molecule has 2 fully saturated rings. The van der Waals surface area contributed by atoms with E-state index in [1.165, 1.54) is 12.1 Å². The van der Waals surface area contributed by atoms with E-state index in [1.807, 2.05) is 6.92 Å². The van der Waals surface area contributed by atoms with Crippen LogP contribution in [0, 0.1) is 11.8 Å². The van der Waals surface area contributed by atoms with E-state index in [0.29, 0.717) is 18.8 Å². The molecule has 320 valence electrons. The summed E-state index contributed by atoms with van der Waals surface area (Å²) in [6.45, 7) is 6.41. The third-order valence-electron chi connectivity index (χ3n) is 10.6. The van der Waals surface area contributed by atoms with Crippen LogP contribution in [-0.2, 0) is 50.4 Å². The molecule has 0 aromatic heterocycles. The summed E-state index contributed by atoms with van der Waals surface area (Å²) in [5.74, 6) is -4.07. The van der Waals surface area contributed by atoms with Gasteiger partial charge in [0.15, 0.2) is 18.5 Å². The predicted octanol–water partition coefficient (Wildman–Crippen LogP) is 2.25. The van der Waals surface area contributed by atoms with Gasteiger partial charge in [-0.15, -0.1) is 0 Å². The first-order chi connectivity index (χ1) is 27.2. The van der Waals surface area contributed by atoms with Gasteiger partial charge in [0, 0.05) is 18.6 Å². The molecule has 8 N–H and O–H groups in total. The smallest absolute Gasteiger partial charge is 0.331 e. The number of allylic oxidation sites excluding steroid dienone is 4. The van der Waals surface area contributed by atoms with Crippen LogP contribution < -0.4 is 0 Å². The van der Waals surface area contributed by atoms with Gasteiger partial charge in [0.05, 0.1) is 24.9 Å². The summed E-state index contributed by atoms with van der Waals surface area (Å²) in [4.78, 5) is 25.3. The van der Waals surface area contributed by atoms with Crippen molar-refractivity contribution in [1.29, 1.82) is 0 Å². The van der Waals surface area contributed by atoms with Crippen LogP contribution in [0.25, 0.3) is 0 Å². The number of carbonyl (C=O) groups excluding carboxylic acids is 2. The molecular formula is C41H60O16. The number of esters is 2. The summed E-state index contributed by atoms with van der Waals surface area (Å²) < 4.78 is 34.5. The second-order valence-electron chi connectivity index (χ2n) is 15.0. The van der Waals surface area contributed by atoms with E-state index < -0.39 is 97.9 Å². The lowest BCUT2D eigenvalue weighted by atomic mass is 9.86. The zero-order valence-corrected chi connectivity index (χ0v) is 33.0. The number of hydrogen-bond donors (Lipinski definition) is 8. The molecule has 2 saturated heterocycles. The van der Waals surface area contributed by atoms with Crippen LogP contribution in [0.4, 0.5) is 0 Å². The van der Waals surface area contributed by atoms with E-state index >= 15 is 0 Å². The monoisotopic (exact) mass is 808 g/mol. The highest BCUT2D eigenvalue weighted by molar-refractivity contribution is 5.82. The van der Waals surface area contributed by atoms with Crippen LogP contribution in [0.5, 0.6) is 11.5 Å². The van der Waals surface area contributed by atoms with Gasteiger partial charge in [0.2, 0.25) is 5.79 Å². The number of unbranched alkanes of at least 4 members (excludes halogenated alkanes) is 1. The number of benzene rings is 1. The maximum absolute atomic E-state index is 13.3. The largest absolute Gasteiger partial charge is 0.508 e. The second kappa shape index (κ2) is 21.5. The first-order valence-electron chi connectivity index (χ1n) is 19.7. The number of aliphatic hydroxyl groups excluding tert-OH is 6. The third-order valence-corrected chi connectivity index (χ3v) is 10.6. The van der Waals surface area contributed by atoms with Crippen molar-refractivity contribution >= 4 is 11.9 Å². The molecule has 0 aliphatic carbocycles. The molecule has 3 aliphatic heterocycles. The summed E-state index contributed by atoms with van der Waals surface area (Å²) in [5.41, 5.74) is 0.136. The van der Waals surface area contributed by atoms with Crippen molar-refractivity contribution in [1.82, 2.24) is 0 Å². The lowest BCUT2D eigenvalue weighted by molar-refractivity contribution is -0.395. The number of phenolic OH excluding ortho intramolecular Hbond substituents is 2. The highest BCUT2D eigenvalue weighted by Gasteiger charge is 2.63. The number of aromatic hydroxyl groups is 2. The molecule has 4 rings (SSSR count). The normalized spacial score (nSPS) is 31.9. The lowest BCUT2D eigenvalue weighted by Crippen LogP contribution is -2.67. The fourth-order valence-electron chi connectivity index (χ4n) is 7.00. The molecular weight excluding hydrogens is 748 g/mol. The summed E-state index contributed by atoms with van der Waals surface area (Å²) in [6.07, 6.45) is -1.46. The molecule has 3 heterocycles. The molecule has 0 amide bonds. The number of aliphatic hydroxyl groups is 6. The first-order valence-corrected chi connectivity index (χ1v) is 19.7. The van der Waals surface area contributed by atoms with Gasteiger partial charge in [0.1, 0.15) is 54.7 Å². The Kier molecular flexibility index (Phi) is 17.5. The highest BCUT2D eigenvalue weighted by Crippen LogP contribution is 2.51. The Morgan fingerprint density at radius 2 is 1.75 bits per heavy atom. The number of carbonyl (C=O) groups is 2. The van der Waals surface area contributed by atoms with Crippen molar-refractivity contribution < 1.29 is 78.9 Å². The van der Waals surface area contributed by atoms with Gasteiger partial charge in [-0.3, -0.25) is 4.79 Å². The number of hydrogen-bond acceptors (Lipinski definition) is 16. The van der Waals surface area contributed by atoms with Gasteiger partial charge in [0.25, 0.3) is 0 Å². The molecule has 0 bridgehead atoms. The van der Waals surface area contributed by atoms with E-state index in [1.54, 1.807) is 19.1 Å². The fourth-order valence-corrected chi connectivity index (χ4v) is 7.00. The Balaban J connectivity index is 1.51. The maximum Gasteiger partial charge on any atom is 0.331 e. The molecule has 0 radical (unpaired) electrons. The Morgan fingerprint density at radius 3 is 2.46 bits per heavy atom. The molecule has 3 aliphatic rings. The number of rotatable bonds is 19. The zero-order valence-electron chi connectivity index (χ0n) is 33.0. The van der Waals surface area contributed by atoms with Gasteiger partial charge in [-0.25, -0.2) is 4.79 Å². The van der Waals surface area contributed by atoms with Crippen molar-refractivity contribution in [3.8, 4) is 11.5 Å². The molecule has 0 unspecified atom stereocenters. The Labute approximate surface area is 332 Å². The highest BCUT2D eigenvalue weighted by atomic mass is 16.8. The number of fused-ring (bicyclic) bond motifs is 2. The minimum absolute atomic E-state index is 0.0491. The van der Waals surface area contributed by atoms with Gasteiger partial charge in [-0.2, -0.15) is 0 Å². The van der Waals surface area contributed by atoms with E-state index in [9.17, 15) is 50.4 Å². The van der Waals surface area contributed by atoms with Gasteiger partial charge in [-0.1, -0.05) is 64.5 Å². The minimum atomic E-state index is -2.25. The van der Waals surface area contributed by atoms with Gasteiger partial charge < -0.3 is 69.3 Å². The van der Waals surface area contributed by atoms with E-state index in [-0.39, 0.29) is 35.8 Å². The van der Waals surface area contributed by atoms with E-state index in [4.69, 9.17) is 28.4 Å². The Bertz CT molecular complexity index is 1550. The second-order valence-corrected chi connectivity index (χ2v) is 15.0. The van der Waals surface area contributed by atoms with Crippen LogP contribution in [0.15, 0.2) is 48.6 Å². The average Bonchev–Trinajstić information content (AvgIpc) is 3.55. The lowest BCUT2D eigenvalue weighted by Gasteiger charge is -2.50. The summed E-state index contributed by atoms with van der Waals surface area (Å²) in [7, 11) is 0. The summed E-state index contributed by atoms with van der Waals surface area (Å²) in [5, 5.41) is 86.1. The molecule has 1 aromatic rings. The van der Waals surface area contributed by atoms with Crippen LogP contribution in [0.2, 0.25) is 0 Å². The standard InChI is InChI=1S/C41H60O16/c1-5-13-31(46)52-22-30-34(48)35(49)36(50)40(54-30)56-37-29(20-42)57-41(33-25(21-53-41)18-26(43)19-28(33)45)39(51)38(37)55-32(47)17-12-8-11-16-27(44)24(4)15-10-7-9-14-23(3)6-2/h8-9,11-12,14,17-19,23-24,27,29-30,34-40,42-45,48-51H,5-7,10,13,15-16,20-22H2,1-4H3/b11-8+,14-9+,17-12+/t23-,24-,27-,29+,30+,34+,35-,36-,37-,38-,39-,40-,41-/m0/s1. The van der Waals surface area contributed by atoms with Gasteiger partial charge >= 0.3 is 11.9 Å². The number of phenols is 2. The summed E-state index contributed by atoms with van der Waals surface area (Å²) in [6, 6.07) is 2.28. The van der Waals surface area contributed by atoms with Crippen molar-refractivity contribution in [2.75, 3.05) is 13.2 Å². The van der Waals surface area contributed by atoms with E-state index in [2.05, 4.69) is 26.0 Å². The van der Waals surface area contributed by atoms with Crippen molar-refractivity contribution in [2.24, 2.45) is 11.8 Å². The topological polar surface area (TPSA) is 251 Å². The van der Waals surface area contributed by atoms with Crippen LogP contribution in [0.3, 0.4) is 0 Å². The molecule has 16 heteroatoms. The van der Waals surface area contributed by atoms with Crippen LogP contribution in [-0.4, -0.2) is 127 Å². The first kappa shape index (κ1) is 46.3. The molecule has 57 heavy (non-hydrogen) atoms. The van der Waals surface area contributed by atoms with Crippen LogP contribution in [0.1, 0.15) is 83.8 Å². The van der Waals surface area contributed by atoms with Crippen molar-refractivity contribution in [2.45, 2.75) is 146 Å². The molecule has 13 atom stereocenters. The summed E-state index contributed by atoms with van der Waals surface area (Å²) >= 11 is 0. The third kappa shape index (κ3) is 11.6. The van der Waals surface area contributed by atoms with Crippen molar-refractivity contribution in [3.05, 3.63) is 59.7 Å².